The SMILES string of the molecule is Cc1cc(Br)cc(NC(=O)c2cccc(Br)c2F)c1. The van der Waals surface area contributed by atoms with Crippen LogP contribution in [0.3, 0.4) is 0 Å². The Morgan fingerprint density at radius 1 is 1.21 bits per heavy atom. The van der Waals surface area contributed by atoms with Crippen LogP contribution in [0.15, 0.2) is 45.3 Å². The number of carbonyl (C=O) groups is 1. The molecular formula is C14H10Br2FNO. The Kier molecular flexibility index (Phi) is 4.37. The molecule has 0 bridgehead atoms. The molecule has 2 nitrogen and oxygen atoms in total. The molecule has 0 aliphatic heterocycles. The summed E-state index contributed by atoms with van der Waals surface area (Å²) in [6, 6.07) is 10.1. The minimum Gasteiger partial charge on any atom is -0.322 e. The van der Waals surface area contributed by atoms with E-state index in [-0.39, 0.29) is 10.0 Å². The van der Waals surface area contributed by atoms with Crippen LogP contribution in [0.2, 0.25) is 0 Å². The van der Waals surface area contributed by atoms with Crippen molar-refractivity contribution in [3.63, 3.8) is 0 Å². The van der Waals surface area contributed by atoms with Crippen molar-refractivity contribution in [3.05, 3.63) is 62.3 Å². The van der Waals surface area contributed by atoms with E-state index < -0.39 is 11.7 Å². The van der Waals surface area contributed by atoms with Gasteiger partial charge in [-0.2, -0.15) is 0 Å². The highest BCUT2D eigenvalue weighted by molar-refractivity contribution is 9.10. The van der Waals surface area contributed by atoms with Gasteiger partial charge in [0, 0.05) is 10.2 Å². The van der Waals surface area contributed by atoms with E-state index in [9.17, 15) is 9.18 Å². The number of halogens is 3. The fourth-order valence-corrected chi connectivity index (χ4v) is 2.66. The van der Waals surface area contributed by atoms with Crippen LogP contribution in [0.5, 0.6) is 0 Å². The standard InChI is InChI=1S/C14H10Br2FNO/c1-8-5-9(15)7-10(6-8)18-14(19)11-3-2-4-12(16)13(11)17/h2-7H,1H3,(H,18,19). The predicted molar refractivity (Wildman–Crippen MR) is 80.9 cm³/mol. The lowest BCUT2D eigenvalue weighted by Crippen LogP contribution is -2.14. The summed E-state index contributed by atoms with van der Waals surface area (Å²) < 4.78 is 14.9. The Morgan fingerprint density at radius 3 is 2.63 bits per heavy atom. The van der Waals surface area contributed by atoms with E-state index in [4.69, 9.17) is 0 Å². The van der Waals surface area contributed by atoms with Crippen molar-refractivity contribution in [2.75, 3.05) is 5.32 Å². The van der Waals surface area contributed by atoms with Crippen LogP contribution in [-0.4, -0.2) is 5.91 Å². The van der Waals surface area contributed by atoms with E-state index in [0.717, 1.165) is 10.0 Å². The first-order valence-corrected chi connectivity index (χ1v) is 7.08. The number of amides is 1. The second-order valence-electron chi connectivity index (χ2n) is 4.07. The van der Waals surface area contributed by atoms with Crippen molar-refractivity contribution >= 4 is 43.5 Å². The van der Waals surface area contributed by atoms with Crippen molar-refractivity contribution in [2.24, 2.45) is 0 Å². The summed E-state index contributed by atoms with van der Waals surface area (Å²) in [6.45, 7) is 1.92. The fraction of sp³-hybridized carbons (Fsp3) is 0.0714. The maximum atomic E-state index is 13.8. The molecule has 1 N–H and O–H groups in total. The summed E-state index contributed by atoms with van der Waals surface area (Å²) >= 11 is 6.41. The number of nitrogens with one attached hydrogen (secondary N) is 1. The highest BCUT2D eigenvalue weighted by Gasteiger charge is 2.14. The molecule has 0 atom stereocenters. The van der Waals surface area contributed by atoms with Gasteiger partial charge >= 0.3 is 0 Å². The molecule has 2 rings (SSSR count). The summed E-state index contributed by atoms with van der Waals surface area (Å²) in [5.74, 6) is -1.04. The number of hydrogen-bond donors (Lipinski definition) is 1. The first kappa shape index (κ1) is 14.2. The van der Waals surface area contributed by atoms with Crippen LogP contribution in [0, 0.1) is 12.7 Å². The Morgan fingerprint density at radius 2 is 1.95 bits per heavy atom. The van der Waals surface area contributed by atoms with E-state index >= 15 is 0 Å². The molecule has 2 aromatic carbocycles. The van der Waals surface area contributed by atoms with Gasteiger partial charge in [0.1, 0.15) is 5.82 Å². The lowest BCUT2D eigenvalue weighted by Gasteiger charge is -2.08. The molecule has 0 aromatic heterocycles. The van der Waals surface area contributed by atoms with Gasteiger partial charge in [-0.15, -0.1) is 0 Å². The van der Waals surface area contributed by atoms with Crippen LogP contribution in [0.4, 0.5) is 10.1 Å². The highest BCUT2D eigenvalue weighted by atomic mass is 79.9. The molecule has 0 unspecified atom stereocenters. The van der Waals surface area contributed by atoms with Gasteiger partial charge in [0.25, 0.3) is 5.91 Å². The predicted octanol–water partition coefficient (Wildman–Crippen LogP) is 4.91. The topological polar surface area (TPSA) is 29.1 Å². The van der Waals surface area contributed by atoms with Crippen LogP contribution in [-0.2, 0) is 0 Å². The van der Waals surface area contributed by atoms with E-state index in [2.05, 4.69) is 37.2 Å². The van der Waals surface area contributed by atoms with Crippen molar-refractivity contribution in [2.45, 2.75) is 6.92 Å². The smallest absolute Gasteiger partial charge is 0.258 e. The van der Waals surface area contributed by atoms with Gasteiger partial charge in [0.15, 0.2) is 0 Å². The molecule has 1 amide bonds. The van der Waals surface area contributed by atoms with Crippen molar-refractivity contribution in [3.8, 4) is 0 Å². The minimum atomic E-state index is -0.563. The molecule has 5 heteroatoms. The van der Waals surface area contributed by atoms with E-state index in [1.54, 1.807) is 18.2 Å². The number of carbonyl (C=O) groups excluding carboxylic acids is 1. The van der Waals surface area contributed by atoms with Gasteiger partial charge in [0.05, 0.1) is 10.0 Å². The van der Waals surface area contributed by atoms with Crippen molar-refractivity contribution in [1.29, 1.82) is 0 Å². The van der Waals surface area contributed by atoms with Crippen molar-refractivity contribution in [1.82, 2.24) is 0 Å². The van der Waals surface area contributed by atoms with Crippen LogP contribution < -0.4 is 5.32 Å². The Balaban J connectivity index is 2.28. The minimum absolute atomic E-state index is 0.00648. The zero-order chi connectivity index (χ0) is 14.0. The molecule has 98 valence electrons. The molecule has 0 saturated carbocycles. The third-order valence-corrected chi connectivity index (χ3v) is 3.57. The van der Waals surface area contributed by atoms with Gasteiger partial charge in [-0.25, -0.2) is 4.39 Å². The van der Waals surface area contributed by atoms with Gasteiger partial charge in [0.2, 0.25) is 0 Å². The van der Waals surface area contributed by atoms with Gasteiger partial charge < -0.3 is 5.32 Å². The summed E-state index contributed by atoms with van der Waals surface area (Å²) in [6.07, 6.45) is 0. The Bertz CT molecular complexity index is 623. The second kappa shape index (κ2) is 5.84. The molecular weight excluding hydrogens is 377 g/mol. The first-order chi connectivity index (χ1) is 8.97. The maximum Gasteiger partial charge on any atom is 0.258 e. The molecule has 0 radical (unpaired) electrons. The van der Waals surface area contributed by atoms with Gasteiger partial charge in [-0.05, 0) is 58.7 Å². The normalized spacial score (nSPS) is 10.3. The molecule has 0 spiro atoms. The molecule has 2 aromatic rings. The molecule has 19 heavy (non-hydrogen) atoms. The summed E-state index contributed by atoms with van der Waals surface area (Å²) in [7, 11) is 0. The Labute approximate surface area is 127 Å². The third-order valence-electron chi connectivity index (χ3n) is 2.50. The number of anilines is 1. The van der Waals surface area contributed by atoms with Crippen molar-refractivity contribution < 1.29 is 9.18 Å². The number of benzene rings is 2. The lowest BCUT2D eigenvalue weighted by molar-refractivity contribution is 0.102. The number of hydrogen-bond acceptors (Lipinski definition) is 1. The zero-order valence-corrected chi connectivity index (χ0v) is 13.2. The second-order valence-corrected chi connectivity index (χ2v) is 5.84. The molecule has 0 aliphatic rings. The monoisotopic (exact) mass is 385 g/mol. The average Bonchev–Trinajstić information content (AvgIpc) is 2.31. The van der Waals surface area contributed by atoms with Gasteiger partial charge in [-0.1, -0.05) is 22.0 Å². The third kappa shape index (κ3) is 3.42. The van der Waals surface area contributed by atoms with E-state index in [1.807, 2.05) is 19.1 Å². The largest absolute Gasteiger partial charge is 0.322 e. The Hall–Kier alpha value is -1.20. The summed E-state index contributed by atoms with van der Waals surface area (Å²) in [4.78, 5) is 12.0. The van der Waals surface area contributed by atoms with Crippen LogP contribution in [0.1, 0.15) is 15.9 Å². The summed E-state index contributed by atoms with van der Waals surface area (Å²) in [5.41, 5.74) is 1.63. The van der Waals surface area contributed by atoms with E-state index in [1.165, 1.54) is 6.07 Å². The zero-order valence-electron chi connectivity index (χ0n) is 10.0. The molecule has 0 aliphatic carbocycles. The molecule has 0 heterocycles. The van der Waals surface area contributed by atoms with Gasteiger partial charge in [-0.3, -0.25) is 4.79 Å². The van der Waals surface area contributed by atoms with Crippen LogP contribution in [0.25, 0.3) is 0 Å². The number of rotatable bonds is 2. The van der Waals surface area contributed by atoms with E-state index in [0.29, 0.717) is 5.69 Å². The first-order valence-electron chi connectivity index (χ1n) is 5.50. The average molecular weight is 387 g/mol. The quantitative estimate of drug-likeness (QED) is 0.780. The highest BCUT2D eigenvalue weighted by Crippen LogP contribution is 2.22. The fourth-order valence-electron chi connectivity index (χ4n) is 1.69. The molecule has 0 saturated heterocycles. The summed E-state index contributed by atoms with van der Waals surface area (Å²) in [5, 5.41) is 2.68. The molecule has 0 fully saturated rings. The lowest BCUT2D eigenvalue weighted by atomic mass is 10.2. The number of aryl methyl sites for hydroxylation is 1. The maximum absolute atomic E-state index is 13.8. The van der Waals surface area contributed by atoms with Crippen LogP contribution >= 0.6 is 31.9 Å².